The molecule has 0 aliphatic heterocycles. The lowest BCUT2D eigenvalue weighted by atomic mass is 10.3. The SMILES string of the molecule is O=c1ccn(C=C(CO)CO)c(=O)[nH]1. The van der Waals surface area contributed by atoms with Gasteiger partial charge in [0, 0.05) is 18.5 Å². The molecule has 0 atom stereocenters. The van der Waals surface area contributed by atoms with E-state index >= 15 is 0 Å². The monoisotopic (exact) mass is 198 g/mol. The van der Waals surface area contributed by atoms with Crippen LogP contribution in [0, 0.1) is 0 Å². The van der Waals surface area contributed by atoms with Gasteiger partial charge in [-0.05, 0) is 5.57 Å². The number of H-pyrrole nitrogens is 1. The fourth-order valence-corrected chi connectivity index (χ4v) is 0.857. The molecule has 76 valence electrons. The molecule has 0 unspecified atom stereocenters. The zero-order valence-electron chi connectivity index (χ0n) is 7.30. The Bertz CT molecular complexity index is 437. The van der Waals surface area contributed by atoms with Gasteiger partial charge in [0.25, 0.3) is 5.56 Å². The molecule has 0 saturated heterocycles. The van der Waals surface area contributed by atoms with Crippen LogP contribution in [-0.4, -0.2) is 33.0 Å². The maximum absolute atomic E-state index is 11.1. The summed E-state index contributed by atoms with van der Waals surface area (Å²) in [6.07, 6.45) is 2.52. The Morgan fingerprint density at radius 3 is 2.57 bits per heavy atom. The van der Waals surface area contributed by atoms with Gasteiger partial charge >= 0.3 is 5.69 Å². The van der Waals surface area contributed by atoms with Crippen molar-refractivity contribution >= 4 is 6.20 Å². The van der Waals surface area contributed by atoms with E-state index in [-0.39, 0.29) is 18.8 Å². The Labute approximate surface area is 78.8 Å². The maximum Gasteiger partial charge on any atom is 0.332 e. The average molecular weight is 198 g/mol. The number of aliphatic hydroxyl groups excluding tert-OH is 2. The van der Waals surface area contributed by atoms with E-state index < -0.39 is 11.2 Å². The number of nitrogens with zero attached hydrogens (tertiary/aromatic N) is 1. The lowest BCUT2D eigenvalue weighted by molar-refractivity contribution is 0.277. The number of aromatic amines is 1. The van der Waals surface area contributed by atoms with Crippen LogP contribution in [0.2, 0.25) is 0 Å². The molecule has 1 aromatic heterocycles. The van der Waals surface area contributed by atoms with E-state index in [0.717, 1.165) is 4.57 Å². The molecule has 0 aliphatic rings. The summed E-state index contributed by atoms with van der Waals surface area (Å²) in [5.74, 6) is 0. The average Bonchev–Trinajstić information content (AvgIpc) is 2.17. The Morgan fingerprint density at radius 1 is 1.43 bits per heavy atom. The first-order chi connectivity index (χ1) is 6.67. The van der Waals surface area contributed by atoms with Crippen molar-refractivity contribution in [1.29, 1.82) is 0 Å². The zero-order valence-corrected chi connectivity index (χ0v) is 7.30. The smallest absolute Gasteiger partial charge is 0.332 e. The van der Waals surface area contributed by atoms with E-state index in [1.807, 2.05) is 4.98 Å². The van der Waals surface area contributed by atoms with Crippen molar-refractivity contribution in [2.24, 2.45) is 0 Å². The summed E-state index contributed by atoms with van der Waals surface area (Å²) in [5, 5.41) is 17.4. The first-order valence-electron chi connectivity index (χ1n) is 3.90. The number of hydrogen-bond donors (Lipinski definition) is 3. The van der Waals surface area contributed by atoms with Crippen LogP contribution in [0.4, 0.5) is 0 Å². The van der Waals surface area contributed by atoms with Crippen molar-refractivity contribution in [3.8, 4) is 0 Å². The molecule has 3 N–H and O–H groups in total. The van der Waals surface area contributed by atoms with Gasteiger partial charge in [-0.25, -0.2) is 4.79 Å². The third-order valence-corrected chi connectivity index (χ3v) is 1.58. The molecule has 0 aliphatic carbocycles. The predicted octanol–water partition coefficient (Wildman–Crippen LogP) is -1.64. The standard InChI is InChI=1S/C8H10N2O4/c11-4-6(5-12)3-10-2-1-7(13)9-8(10)14/h1-3,11-12H,4-5H2,(H,9,13,14). The summed E-state index contributed by atoms with van der Waals surface area (Å²) >= 11 is 0. The summed E-state index contributed by atoms with van der Waals surface area (Å²) in [5.41, 5.74) is -0.828. The van der Waals surface area contributed by atoms with Crippen molar-refractivity contribution in [2.45, 2.75) is 0 Å². The fraction of sp³-hybridized carbons (Fsp3) is 0.250. The minimum atomic E-state index is -0.614. The molecule has 1 aromatic rings. The van der Waals surface area contributed by atoms with Crippen LogP contribution in [0.15, 0.2) is 27.4 Å². The lowest BCUT2D eigenvalue weighted by Crippen LogP contribution is -2.26. The Kier molecular flexibility index (Phi) is 3.38. The molecule has 0 fully saturated rings. The highest BCUT2D eigenvalue weighted by Gasteiger charge is 1.96. The topological polar surface area (TPSA) is 95.3 Å². The first-order valence-corrected chi connectivity index (χ1v) is 3.90. The quantitative estimate of drug-likeness (QED) is 0.543. The van der Waals surface area contributed by atoms with Gasteiger partial charge in [-0.3, -0.25) is 14.3 Å². The van der Waals surface area contributed by atoms with Gasteiger partial charge in [0.2, 0.25) is 0 Å². The number of aliphatic hydroxyl groups is 2. The minimum Gasteiger partial charge on any atom is -0.392 e. The Morgan fingerprint density at radius 2 is 2.07 bits per heavy atom. The third kappa shape index (κ3) is 2.41. The van der Waals surface area contributed by atoms with E-state index in [2.05, 4.69) is 0 Å². The van der Waals surface area contributed by atoms with E-state index in [1.54, 1.807) is 0 Å². The van der Waals surface area contributed by atoms with Gasteiger partial charge in [-0.1, -0.05) is 0 Å². The van der Waals surface area contributed by atoms with Gasteiger partial charge < -0.3 is 10.2 Å². The van der Waals surface area contributed by atoms with Crippen molar-refractivity contribution in [1.82, 2.24) is 9.55 Å². The normalized spacial score (nSPS) is 9.86. The summed E-state index contributed by atoms with van der Waals surface area (Å²) in [6, 6.07) is 1.17. The highest BCUT2D eigenvalue weighted by atomic mass is 16.3. The molecular weight excluding hydrogens is 188 g/mol. The summed E-state index contributed by atoms with van der Waals surface area (Å²) in [6.45, 7) is -0.690. The molecule has 6 heteroatoms. The second-order valence-electron chi connectivity index (χ2n) is 2.62. The van der Waals surface area contributed by atoms with E-state index in [1.165, 1.54) is 18.5 Å². The molecule has 14 heavy (non-hydrogen) atoms. The van der Waals surface area contributed by atoms with Gasteiger partial charge in [-0.2, -0.15) is 0 Å². The van der Waals surface area contributed by atoms with Crippen LogP contribution in [-0.2, 0) is 0 Å². The largest absolute Gasteiger partial charge is 0.392 e. The van der Waals surface area contributed by atoms with Crippen LogP contribution in [0.5, 0.6) is 0 Å². The Hall–Kier alpha value is -1.66. The van der Waals surface area contributed by atoms with Crippen LogP contribution in [0.25, 0.3) is 6.20 Å². The highest BCUT2D eigenvalue weighted by molar-refractivity contribution is 5.30. The zero-order chi connectivity index (χ0) is 10.6. The molecule has 0 aromatic carbocycles. The molecule has 1 rings (SSSR count). The summed E-state index contributed by atoms with van der Waals surface area (Å²) in [4.78, 5) is 23.8. The molecule has 0 radical (unpaired) electrons. The second kappa shape index (κ2) is 4.54. The van der Waals surface area contributed by atoms with E-state index in [4.69, 9.17) is 10.2 Å². The van der Waals surface area contributed by atoms with Crippen LogP contribution in [0.3, 0.4) is 0 Å². The number of hydrogen-bond acceptors (Lipinski definition) is 4. The molecular formula is C8H10N2O4. The van der Waals surface area contributed by atoms with Crippen LogP contribution in [0.1, 0.15) is 0 Å². The second-order valence-corrected chi connectivity index (χ2v) is 2.62. The summed E-state index contributed by atoms with van der Waals surface area (Å²) < 4.78 is 1.07. The first kappa shape index (κ1) is 10.4. The van der Waals surface area contributed by atoms with Crippen molar-refractivity contribution < 1.29 is 10.2 Å². The third-order valence-electron chi connectivity index (χ3n) is 1.58. The van der Waals surface area contributed by atoms with Crippen molar-refractivity contribution in [3.05, 3.63) is 38.7 Å². The number of rotatable bonds is 3. The van der Waals surface area contributed by atoms with E-state index in [0.29, 0.717) is 0 Å². The lowest BCUT2D eigenvalue weighted by Gasteiger charge is -2.00. The Balaban J connectivity index is 3.15. The molecule has 0 saturated carbocycles. The van der Waals surface area contributed by atoms with Crippen molar-refractivity contribution in [2.75, 3.05) is 13.2 Å². The highest BCUT2D eigenvalue weighted by Crippen LogP contribution is 1.92. The summed E-state index contributed by atoms with van der Waals surface area (Å²) in [7, 11) is 0. The van der Waals surface area contributed by atoms with Gasteiger partial charge in [-0.15, -0.1) is 0 Å². The molecule has 1 heterocycles. The molecule has 6 nitrogen and oxygen atoms in total. The molecule has 0 amide bonds. The van der Waals surface area contributed by atoms with Crippen LogP contribution < -0.4 is 11.2 Å². The fourth-order valence-electron chi connectivity index (χ4n) is 0.857. The molecule has 0 spiro atoms. The van der Waals surface area contributed by atoms with Gasteiger partial charge in [0.1, 0.15) is 0 Å². The van der Waals surface area contributed by atoms with Gasteiger partial charge in [0.15, 0.2) is 0 Å². The maximum atomic E-state index is 11.1. The van der Waals surface area contributed by atoms with Gasteiger partial charge in [0.05, 0.1) is 13.2 Å². The van der Waals surface area contributed by atoms with E-state index in [9.17, 15) is 9.59 Å². The van der Waals surface area contributed by atoms with Crippen molar-refractivity contribution in [3.63, 3.8) is 0 Å². The number of nitrogens with one attached hydrogen (secondary N) is 1. The predicted molar refractivity (Wildman–Crippen MR) is 49.8 cm³/mol. The minimum absolute atomic E-state index is 0.277. The number of aromatic nitrogens is 2. The van der Waals surface area contributed by atoms with Crippen LogP contribution >= 0.6 is 0 Å². The molecule has 0 bridgehead atoms.